The molecule has 0 saturated carbocycles. The molecule has 0 spiro atoms. The van der Waals surface area contributed by atoms with Gasteiger partial charge in [-0.1, -0.05) is 0 Å². The van der Waals surface area contributed by atoms with Crippen molar-refractivity contribution in [3.05, 3.63) is 30.1 Å². The van der Waals surface area contributed by atoms with E-state index in [2.05, 4.69) is 4.98 Å². The van der Waals surface area contributed by atoms with Crippen molar-refractivity contribution in [1.29, 1.82) is 0 Å². The number of aliphatic carboxylic acids is 2. The van der Waals surface area contributed by atoms with Crippen molar-refractivity contribution in [3.63, 3.8) is 0 Å². The van der Waals surface area contributed by atoms with E-state index in [9.17, 15) is 14.2 Å². The van der Waals surface area contributed by atoms with E-state index in [0.29, 0.717) is 5.56 Å². The van der Waals surface area contributed by atoms with Gasteiger partial charge in [-0.05, 0) is 30.5 Å². The van der Waals surface area contributed by atoms with Gasteiger partial charge in [-0.2, -0.15) is 0 Å². The second-order valence-electron chi connectivity index (χ2n) is 4.21. The smallest absolute Gasteiger partial charge is 0.340 e. The molecule has 8 nitrogen and oxygen atoms in total. The van der Waals surface area contributed by atoms with Gasteiger partial charge in [0, 0.05) is 12.4 Å². The van der Waals surface area contributed by atoms with Gasteiger partial charge in [0.05, 0.1) is 5.92 Å². The number of carboxylic acid groups (broad SMARTS) is 2. The fraction of sp³-hybridized carbons (Fsp3) is 0.364. The van der Waals surface area contributed by atoms with Crippen LogP contribution < -0.4 is 0 Å². The number of rotatable bonds is 7. The molecule has 0 aliphatic carbocycles. The van der Waals surface area contributed by atoms with Gasteiger partial charge < -0.3 is 20.0 Å². The quantitative estimate of drug-likeness (QED) is 0.528. The number of aryl methyl sites for hydroxylation is 1. The SMILES string of the molecule is O=C(O)C(CCc1ccncc1)C(C(=O)O)P(=O)(O)O. The molecule has 0 aliphatic heterocycles. The summed E-state index contributed by atoms with van der Waals surface area (Å²) in [7, 11) is -5.06. The Kier molecular flexibility index (Phi) is 5.38. The summed E-state index contributed by atoms with van der Waals surface area (Å²) in [6, 6.07) is 3.23. The first-order valence-electron chi connectivity index (χ1n) is 5.63. The van der Waals surface area contributed by atoms with Crippen LogP contribution in [0.4, 0.5) is 0 Å². The number of hydrogen-bond acceptors (Lipinski definition) is 4. The maximum atomic E-state index is 11.2. The molecule has 1 aromatic heterocycles. The average Bonchev–Trinajstić information content (AvgIpc) is 2.33. The zero-order valence-electron chi connectivity index (χ0n) is 10.3. The van der Waals surface area contributed by atoms with Crippen LogP contribution in [-0.2, 0) is 20.6 Å². The third-order valence-electron chi connectivity index (χ3n) is 2.81. The highest BCUT2D eigenvalue weighted by molar-refractivity contribution is 7.53. The van der Waals surface area contributed by atoms with E-state index in [4.69, 9.17) is 20.0 Å². The third kappa shape index (κ3) is 4.41. The van der Waals surface area contributed by atoms with Crippen molar-refractivity contribution >= 4 is 19.5 Å². The molecule has 0 radical (unpaired) electrons. The Morgan fingerprint density at radius 1 is 1.15 bits per heavy atom. The molecule has 1 aromatic rings. The summed E-state index contributed by atoms with van der Waals surface area (Å²) in [5.41, 5.74) is -1.54. The van der Waals surface area contributed by atoms with Crippen LogP contribution in [0.3, 0.4) is 0 Å². The van der Waals surface area contributed by atoms with Gasteiger partial charge in [0.15, 0.2) is 5.66 Å². The van der Waals surface area contributed by atoms with E-state index >= 15 is 0 Å². The minimum absolute atomic E-state index is 0.184. The van der Waals surface area contributed by atoms with E-state index in [1.54, 1.807) is 12.1 Å². The molecule has 0 fully saturated rings. The largest absolute Gasteiger partial charge is 0.481 e. The van der Waals surface area contributed by atoms with Crippen LogP contribution in [0, 0.1) is 5.92 Å². The summed E-state index contributed by atoms with van der Waals surface area (Å²) in [4.78, 5) is 43.8. The lowest BCUT2D eigenvalue weighted by molar-refractivity contribution is -0.148. The minimum atomic E-state index is -5.06. The fourth-order valence-corrected chi connectivity index (χ4v) is 2.87. The summed E-state index contributed by atoms with van der Waals surface area (Å²) in [6.07, 6.45) is 2.97. The Bertz CT molecular complexity index is 527. The lowest BCUT2D eigenvalue weighted by Gasteiger charge is -2.21. The van der Waals surface area contributed by atoms with Gasteiger partial charge in [0.2, 0.25) is 0 Å². The molecule has 0 amide bonds. The van der Waals surface area contributed by atoms with Gasteiger partial charge in [-0.15, -0.1) is 0 Å². The first-order chi connectivity index (χ1) is 9.23. The Balaban J connectivity index is 2.91. The number of carbonyl (C=O) groups is 2. The molecular formula is C11H14NO7P. The molecule has 9 heteroatoms. The molecule has 2 unspecified atom stereocenters. The van der Waals surface area contributed by atoms with Gasteiger partial charge in [0.1, 0.15) is 0 Å². The Morgan fingerprint density at radius 3 is 2.10 bits per heavy atom. The molecule has 1 heterocycles. The third-order valence-corrected chi connectivity index (χ3v) is 4.11. The Hall–Kier alpha value is -1.76. The second-order valence-corrected chi connectivity index (χ2v) is 5.95. The Labute approximate surface area is 114 Å². The standard InChI is InChI=1S/C11H14NO7P/c13-10(14)8(9(11(15)16)20(17,18)19)2-1-7-3-5-12-6-4-7/h3-6,8-9H,1-2H2,(H,13,14)(H,15,16)(H2,17,18,19). The molecule has 4 N–H and O–H groups in total. The monoisotopic (exact) mass is 303 g/mol. The van der Waals surface area contributed by atoms with Crippen LogP contribution in [0.1, 0.15) is 12.0 Å². The highest BCUT2D eigenvalue weighted by Crippen LogP contribution is 2.46. The Morgan fingerprint density at radius 2 is 1.70 bits per heavy atom. The highest BCUT2D eigenvalue weighted by Gasteiger charge is 2.45. The number of pyridine rings is 1. The number of carboxylic acids is 2. The van der Waals surface area contributed by atoms with E-state index in [-0.39, 0.29) is 12.8 Å². The maximum Gasteiger partial charge on any atom is 0.340 e. The van der Waals surface area contributed by atoms with Crippen LogP contribution in [0.2, 0.25) is 0 Å². The van der Waals surface area contributed by atoms with Crippen molar-refractivity contribution in [2.75, 3.05) is 0 Å². The molecule has 0 bridgehead atoms. The van der Waals surface area contributed by atoms with E-state index in [1.807, 2.05) is 0 Å². The first kappa shape index (κ1) is 16.3. The lowest BCUT2D eigenvalue weighted by atomic mass is 9.96. The summed E-state index contributed by atoms with van der Waals surface area (Å²) < 4.78 is 11.2. The van der Waals surface area contributed by atoms with Crippen LogP contribution >= 0.6 is 7.60 Å². The molecule has 110 valence electrons. The normalized spacial score (nSPS) is 14.5. The molecule has 2 atom stereocenters. The minimum Gasteiger partial charge on any atom is -0.481 e. The summed E-state index contributed by atoms with van der Waals surface area (Å²) in [5.74, 6) is -5.03. The lowest BCUT2D eigenvalue weighted by Crippen LogP contribution is -2.35. The average molecular weight is 303 g/mol. The van der Waals surface area contributed by atoms with Crippen LogP contribution in [0.25, 0.3) is 0 Å². The zero-order valence-corrected chi connectivity index (χ0v) is 11.2. The topological polar surface area (TPSA) is 145 Å². The summed E-state index contributed by atoms with van der Waals surface area (Å²) >= 11 is 0. The molecular weight excluding hydrogens is 289 g/mol. The maximum absolute atomic E-state index is 11.2. The van der Waals surface area contributed by atoms with Gasteiger partial charge in [-0.3, -0.25) is 19.1 Å². The summed E-state index contributed by atoms with van der Waals surface area (Å²) in [6.45, 7) is 0. The van der Waals surface area contributed by atoms with E-state index in [1.165, 1.54) is 12.4 Å². The number of nitrogens with zero attached hydrogens (tertiary/aromatic N) is 1. The second kappa shape index (κ2) is 6.60. The van der Waals surface area contributed by atoms with Gasteiger partial charge in [-0.25, -0.2) is 0 Å². The summed E-state index contributed by atoms with van der Waals surface area (Å²) in [5, 5.41) is 17.9. The molecule has 0 saturated heterocycles. The predicted octanol–water partition coefficient (Wildman–Crippen LogP) is 0.346. The van der Waals surface area contributed by atoms with E-state index < -0.39 is 31.1 Å². The van der Waals surface area contributed by atoms with Crippen LogP contribution in [-0.4, -0.2) is 42.6 Å². The van der Waals surface area contributed by atoms with E-state index in [0.717, 1.165) is 0 Å². The van der Waals surface area contributed by atoms with Crippen molar-refractivity contribution in [1.82, 2.24) is 4.98 Å². The number of hydrogen-bond donors (Lipinski definition) is 4. The fourth-order valence-electron chi connectivity index (χ4n) is 1.84. The predicted molar refractivity (Wildman–Crippen MR) is 67.2 cm³/mol. The number of aromatic nitrogens is 1. The molecule has 0 aromatic carbocycles. The van der Waals surface area contributed by atoms with Crippen molar-refractivity contribution in [2.45, 2.75) is 18.5 Å². The van der Waals surface area contributed by atoms with Gasteiger partial charge >= 0.3 is 19.5 Å². The first-order valence-corrected chi connectivity index (χ1v) is 7.31. The highest BCUT2D eigenvalue weighted by atomic mass is 31.2. The van der Waals surface area contributed by atoms with Gasteiger partial charge in [0.25, 0.3) is 0 Å². The molecule has 0 aliphatic rings. The zero-order chi connectivity index (χ0) is 15.3. The molecule has 20 heavy (non-hydrogen) atoms. The van der Waals surface area contributed by atoms with Crippen molar-refractivity contribution in [3.8, 4) is 0 Å². The molecule has 1 rings (SSSR count). The van der Waals surface area contributed by atoms with Crippen molar-refractivity contribution in [2.24, 2.45) is 5.92 Å². The van der Waals surface area contributed by atoms with Crippen molar-refractivity contribution < 1.29 is 34.2 Å². The van der Waals surface area contributed by atoms with Crippen LogP contribution in [0.5, 0.6) is 0 Å². The van der Waals surface area contributed by atoms with Crippen LogP contribution in [0.15, 0.2) is 24.5 Å².